The minimum atomic E-state index is 0.654. The lowest BCUT2D eigenvalue weighted by Crippen LogP contribution is -2.28. The van der Waals surface area contributed by atoms with Gasteiger partial charge in [-0.2, -0.15) is 5.10 Å². The number of aromatic nitrogens is 3. The Labute approximate surface area is 125 Å². The molecule has 0 saturated heterocycles. The zero-order valence-electron chi connectivity index (χ0n) is 12.3. The minimum absolute atomic E-state index is 0.654. The Hall–Kier alpha value is -1.84. The van der Waals surface area contributed by atoms with Gasteiger partial charge in [0.1, 0.15) is 12.7 Å². The van der Waals surface area contributed by atoms with Gasteiger partial charge in [-0.05, 0) is 61.8 Å². The van der Waals surface area contributed by atoms with Crippen LogP contribution in [0.15, 0.2) is 36.9 Å². The number of hydrogen-bond donors (Lipinski definition) is 1. The number of rotatable bonds is 4. The summed E-state index contributed by atoms with van der Waals surface area (Å²) in [7, 11) is 0. The first kappa shape index (κ1) is 12.9. The Morgan fingerprint density at radius 2 is 1.86 bits per heavy atom. The molecular formula is C17H22N4. The van der Waals surface area contributed by atoms with Crippen LogP contribution >= 0.6 is 0 Å². The zero-order chi connectivity index (χ0) is 14.1. The smallest absolute Gasteiger partial charge is 0.138 e. The first-order chi connectivity index (χ1) is 10.4. The average Bonchev–Trinajstić information content (AvgIpc) is 3.24. The fraction of sp³-hybridized carbons (Fsp3) is 0.529. The van der Waals surface area contributed by atoms with E-state index in [0.29, 0.717) is 6.04 Å². The topological polar surface area (TPSA) is 42.7 Å². The summed E-state index contributed by atoms with van der Waals surface area (Å²) in [4.78, 5) is 3.98. The summed E-state index contributed by atoms with van der Waals surface area (Å²) in [5.74, 6) is 2.02. The maximum Gasteiger partial charge on any atom is 0.138 e. The molecule has 0 spiro atoms. The molecule has 21 heavy (non-hydrogen) atoms. The Bertz CT molecular complexity index is 571. The summed E-state index contributed by atoms with van der Waals surface area (Å²) >= 11 is 0. The van der Waals surface area contributed by atoms with E-state index in [1.165, 1.54) is 44.2 Å². The lowest BCUT2D eigenvalue weighted by molar-refractivity contribution is 0.303. The second-order valence-corrected chi connectivity index (χ2v) is 6.49. The third kappa shape index (κ3) is 2.94. The van der Waals surface area contributed by atoms with E-state index in [4.69, 9.17) is 0 Å². The molecule has 2 saturated carbocycles. The molecule has 4 heteroatoms. The molecule has 0 aliphatic heterocycles. The Morgan fingerprint density at radius 3 is 2.57 bits per heavy atom. The third-order valence-electron chi connectivity index (χ3n) is 4.92. The van der Waals surface area contributed by atoms with Crippen LogP contribution in [0.4, 0.5) is 5.69 Å². The van der Waals surface area contributed by atoms with Gasteiger partial charge in [-0.3, -0.25) is 0 Å². The van der Waals surface area contributed by atoms with Crippen LogP contribution in [0.5, 0.6) is 0 Å². The molecule has 2 atom stereocenters. The van der Waals surface area contributed by atoms with E-state index >= 15 is 0 Å². The van der Waals surface area contributed by atoms with Crippen LogP contribution in [0.3, 0.4) is 0 Å². The SMILES string of the molecule is c1ncn(-c2ccc(NC3CCCC(C4CC4)C3)cc2)n1. The van der Waals surface area contributed by atoms with Crippen LogP contribution in [0, 0.1) is 11.8 Å². The van der Waals surface area contributed by atoms with Gasteiger partial charge in [-0.1, -0.05) is 12.8 Å². The van der Waals surface area contributed by atoms with E-state index in [2.05, 4.69) is 39.7 Å². The molecule has 2 aliphatic carbocycles. The van der Waals surface area contributed by atoms with Gasteiger partial charge in [0, 0.05) is 11.7 Å². The maximum absolute atomic E-state index is 4.15. The second kappa shape index (κ2) is 5.51. The molecule has 2 fully saturated rings. The summed E-state index contributed by atoms with van der Waals surface area (Å²) < 4.78 is 1.79. The highest BCUT2D eigenvalue weighted by Crippen LogP contribution is 2.44. The number of hydrogen-bond acceptors (Lipinski definition) is 3. The number of nitrogens with one attached hydrogen (secondary N) is 1. The van der Waals surface area contributed by atoms with E-state index in [0.717, 1.165) is 17.5 Å². The van der Waals surface area contributed by atoms with Crippen molar-refractivity contribution >= 4 is 5.69 Å². The van der Waals surface area contributed by atoms with Crippen molar-refractivity contribution in [1.29, 1.82) is 0 Å². The van der Waals surface area contributed by atoms with Crippen molar-refractivity contribution in [3.63, 3.8) is 0 Å². The summed E-state index contributed by atoms with van der Waals surface area (Å²) in [6.07, 6.45) is 11.7. The standard InChI is InChI=1S/C17H22N4/c1-2-14(13-4-5-13)10-16(3-1)20-15-6-8-17(9-7-15)21-12-18-11-19-21/h6-9,11-14,16,20H,1-5,10H2. The number of nitrogens with zero attached hydrogens (tertiary/aromatic N) is 3. The van der Waals surface area contributed by atoms with Gasteiger partial charge >= 0.3 is 0 Å². The molecular weight excluding hydrogens is 260 g/mol. The molecule has 2 aromatic rings. The number of benzene rings is 1. The number of anilines is 1. The molecule has 0 bridgehead atoms. The highest BCUT2D eigenvalue weighted by molar-refractivity contribution is 5.49. The van der Waals surface area contributed by atoms with Gasteiger partial charge < -0.3 is 5.32 Å². The normalized spacial score (nSPS) is 25.7. The quantitative estimate of drug-likeness (QED) is 0.931. The minimum Gasteiger partial charge on any atom is -0.382 e. The monoisotopic (exact) mass is 282 g/mol. The van der Waals surface area contributed by atoms with Gasteiger partial charge in [-0.25, -0.2) is 9.67 Å². The van der Waals surface area contributed by atoms with Crippen molar-refractivity contribution in [3.05, 3.63) is 36.9 Å². The van der Waals surface area contributed by atoms with Gasteiger partial charge in [0.05, 0.1) is 5.69 Å². The van der Waals surface area contributed by atoms with Gasteiger partial charge in [0.25, 0.3) is 0 Å². The van der Waals surface area contributed by atoms with E-state index in [9.17, 15) is 0 Å². The second-order valence-electron chi connectivity index (χ2n) is 6.49. The molecule has 2 unspecified atom stereocenters. The van der Waals surface area contributed by atoms with Crippen molar-refractivity contribution in [3.8, 4) is 5.69 Å². The van der Waals surface area contributed by atoms with Crippen LogP contribution in [-0.4, -0.2) is 20.8 Å². The van der Waals surface area contributed by atoms with Gasteiger partial charge in [0.15, 0.2) is 0 Å². The van der Waals surface area contributed by atoms with Crippen molar-refractivity contribution in [1.82, 2.24) is 14.8 Å². The Balaban J connectivity index is 1.40. The average molecular weight is 282 g/mol. The molecule has 1 aromatic carbocycles. The first-order valence-electron chi connectivity index (χ1n) is 8.10. The third-order valence-corrected chi connectivity index (χ3v) is 4.92. The van der Waals surface area contributed by atoms with Crippen LogP contribution in [0.25, 0.3) is 5.69 Å². The van der Waals surface area contributed by atoms with Crippen molar-refractivity contribution in [2.75, 3.05) is 5.32 Å². The highest BCUT2D eigenvalue weighted by Gasteiger charge is 2.34. The van der Waals surface area contributed by atoms with E-state index < -0.39 is 0 Å². The van der Waals surface area contributed by atoms with Gasteiger partial charge in [0.2, 0.25) is 0 Å². The first-order valence-corrected chi connectivity index (χ1v) is 8.10. The Kier molecular flexibility index (Phi) is 3.37. The molecule has 110 valence electrons. The molecule has 1 heterocycles. The molecule has 2 aliphatic rings. The summed E-state index contributed by atoms with van der Waals surface area (Å²) in [6.45, 7) is 0. The molecule has 1 N–H and O–H groups in total. The van der Waals surface area contributed by atoms with Crippen molar-refractivity contribution < 1.29 is 0 Å². The predicted molar refractivity (Wildman–Crippen MR) is 83.5 cm³/mol. The Morgan fingerprint density at radius 1 is 1.00 bits per heavy atom. The van der Waals surface area contributed by atoms with E-state index in [-0.39, 0.29) is 0 Å². The fourth-order valence-corrected chi connectivity index (χ4v) is 3.64. The van der Waals surface area contributed by atoms with Crippen molar-refractivity contribution in [2.24, 2.45) is 11.8 Å². The molecule has 1 aromatic heterocycles. The van der Waals surface area contributed by atoms with Crippen LogP contribution in [0.2, 0.25) is 0 Å². The lowest BCUT2D eigenvalue weighted by atomic mass is 9.82. The van der Waals surface area contributed by atoms with Crippen LogP contribution < -0.4 is 5.32 Å². The largest absolute Gasteiger partial charge is 0.382 e. The van der Waals surface area contributed by atoms with Gasteiger partial charge in [-0.15, -0.1) is 0 Å². The molecule has 4 rings (SSSR count). The lowest BCUT2D eigenvalue weighted by Gasteiger charge is -2.30. The van der Waals surface area contributed by atoms with E-state index in [1.54, 1.807) is 17.3 Å². The fourth-order valence-electron chi connectivity index (χ4n) is 3.64. The summed E-state index contributed by atoms with van der Waals surface area (Å²) in [6, 6.07) is 9.15. The predicted octanol–water partition coefficient (Wildman–Crippen LogP) is 3.65. The van der Waals surface area contributed by atoms with E-state index in [1.807, 2.05) is 0 Å². The maximum atomic E-state index is 4.15. The van der Waals surface area contributed by atoms with Crippen LogP contribution in [-0.2, 0) is 0 Å². The van der Waals surface area contributed by atoms with Crippen LogP contribution in [0.1, 0.15) is 38.5 Å². The molecule has 0 radical (unpaired) electrons. The zero-order valence-corrected chi connectivity index (χ0v) is 12.3. The molecule has 0 amide bonds. The summed E-state index contributed by atoms with van der Waals surface area (Å²) in [5.41, 5.74) is 2.28. The molecule has 4 nitrogen and oxygen atoms in total. The highest BCUT2D eigenvalue weighted by atomic mass is 15.3. The van der Waals surface area contributed by atoms with Crippen molar-refractivity contribution in [2.45, 2.75) is 44.6 Å². The summed E-state index contributed by atoms with van der Waals surface area (Å²) in [5, 5.41) is 7.87.